The molecule has 178 valence electrons. The highest BCUT2D eigenvalue weighted by Crippen LogP contribution is 2.47. The van der Waals surface area contributed by atoms with Crippen molar-refractivity contribution >= 4 is 11.8 Å². The van der Waals surface area contributed by atoms with Crippen molar-refractivity contribution in [1.29, 1.82) is 0 Å². The first-order chi connectivity index (χ1) is 16.2. The fraction of sp³-hybridized carbons (Fsp3) is 0.360. The van der Waals surface area contributed by atoms with Crippen LogP contribution in [-0.2, 0) is 25.3 Å². The van der Waals surface area contributed by atoms with Gasteiger partial charge in [0, 0.05) is 38.3 Å². The lowest BCUT2D eigenvalue weighted by molar-refractivity contribution is 0.0955. The van der Waals surface area contributed by atoms with E-state index < -0.39 is 11.2 Å². The third-order valence-corrected chi connectivity index (χ3v) is 6.49. The van der Waals surface area contributed by atoms with Gasteiger partial charge in [0.15, 0.2) is 5.82 Å². The number of nitrogens with one attached hydrogen (secondary N) is 2. The van der Waals surface area contributed by atoms with E-state index in [2.05, 4.69) is 15.6 Å². The predicted octanol–water partition coefficient (Wildman–Crippen LogP) is 1.26. The number of carbonyl (C=O) groups is 2. The molecule has 0 bridgehead atoms. The van der Waals surface area contributed by atoms with Crippen LogP contribution in [0, 0.1) is 0 Å². The monoisotopic (exact) mass is 463 g/mol. The van der Waals surface area contributed by atoms with Crippen molar-refractivity contribution < 1.29 is 14.1 Å². The second-order valence-corrected chi connectivity index (χ2v) is 8.78. The highest BCUT2D eigenvalue weighted by Gasteiger charge is 2.46. The maximum Gasteiger partial charge on any atom is 0.459 e. The van der Waals surface area contributed by atoms with Gasteiger partial charge in [0.05, 0.1) is 5.41 Å². The Bertz CT molecular complexity index is 1250. The maximum absolute atomic E-state index is 12.4. The molecular formula is C25H29N5O4. The zero-order valence-electron chi connectivity index (χ0n) is 19.8. The number of fused-ring (bicyclic) bond motifs is 2. The third kappa shape index (κ3) is 3.81. The van der Waals surface area contributed by atoms with Crippen LogP contribution in [0.1, 0.15) is 62.1 Å². The zero-order chi connectivity index (χ0) is 24.6. The first-order valence-corrected chi connectivity index (χ1v) is 11.2. The van der Waals surface area contributed by atoms with Crippen LogP contribution in [0.2, 0.25) is 0 Å². The van der Waals surface area contributed by atoms with Gasteiger partial charge in [0.1, 0.15) is 0 Å². The second-order valence-electron chi connectivity index (χ2n) is 8.78. The van der Waals surface area contributed by atoms with Gasteiger partial charge in [-0.3, -0.25) is 9.59 Å². The summed E-state index contributed by atoms with van der Waals surface area (Å²) in [4.78, 5) is 41.2. The summed E-state index contributed by atoms with van der Waals surface area (Å²) in [5, 5.41) is 5.34. The Labute approximate surface area is 197 Å². The molecule has 2 amide bonds. The molecule has 1 aromatic heterocycles. The van der Waals surface area contributed by atoms with Gasteiger partial charge in [-0.15, -0.1) is 0 Å². The van der Waals surface area contributed by atoms with Crippen LogP contribution in [0.5, 0.6) is 0 Å². The number of aromatic nitrogens is 2. The lowest BCUT2D eigenvalue weighted by Crippen LogP contribution is -2.39. The van der Waals surface area contributed by atoms with Crippen LogP contribution >= 0.6 is 0 Å². The fourth-order valence-corrected chi connectivity index (χ4v) is 5.16. The van der Waals surface area contributed by atoms with Gasteiger partial charge in [-0.2, -0.15) is 9.72 Å². The number of carbonyl (C=O) groups excluding carboxylic acids is 2. The van der Waals surface area contributed by atoms with Crippen LogP contribution in [0.15, 0.2) is 45.7 Å². The molecule has 3 aromatic rings. The molecule has 0 fully saturated rings. The van der Waals surface area contributed by atoms with Crippen molar-refractivity contribution in [2.45, 2.75) is 37.6 Å². The third-order valence-electron chi connectivity index (χ3n) is 6.49. The first kappa shape index (κ1) is 23.4. The van der Waals surface area contributed by atoms with Crippen LogP contribution in [0.4, 0.5) is 0 Å². The number of aryl methyl sites for hydroxylation is 3. The molecule has 1 aliphatic carbocycles. The average molecular weight is 464 g/mol. The highest BCUT2D eigenvalue weighted by molar-refractivity contribution is 5.95. The van der Waals surface area contributed by atoms with E-state index in [4.69, 9.17) is 10.3 Å². The van der Waals surface area contributed by atoms with E-state index in [9.17, 15) is 14.4 Å². The number of nitrogens with two attached hydrogens (primary N) is 1. The Hall–Kier alpha value is -3.72. The molecule has 0 unspecified atom stereocenters. The molecule has 1 atom stereocenters. The van der Waals surface area contributed by atoms with Crippen molar-refractivity contribution in [3.63, 3.8) is 0 Å². The molecule has 2 aromatic carbocycles. The van der Waals surface area contributed by atoms with E-state index in [0.29, 0.717) is 36.2 Å². The number of nitrogens with zero attached hydrogens (tertiary/aromatic N) is 2. The number of amides is 2. The Kier molecular flexibility index (Phi) is 6.14. The van der Waals surface area contributed by atoms with E-state index in [1.807, 2.05) is 31.2 Å². The van der Waals surface area contributed by atoms with E-state index >= 15 is 0 Å². The molecule has 4 rings (SSSR count). The molecule has 0 saturated carbocycles. The smallest absolute Gasteiger partial charge is 0.355 e. The van der Waals surface area contributed by atoms with Crippen LogP contribution in [-0.4, -0.2) is 41.7 Å². The van der Waals surface area contributed by atoms with Gasteiger partial charge < -0.3 is 20.9 Å². The summed E-state index contributed by atoms with van der Waals surface area (Å²) in [6, 6.07) is 10.9. The Morgan fingerprint density at radius 1 is 1.06 bits per heavy atom. The minimum atomic E-state index is -0.918. The minimum Gasteiger partial charge on any atom is -0.355 e. The molecule has 9 heteroatoms. The average Bonchev–Trinajstić information content (AvgIpc) is 3.11. The quantitative estimate of drug-likeness (QED) is 0.522. The van der Waals surface area contributed by atoms with Gasteiger partial charge in [-0.1, -0.05) is 12.1 Å². The maximum atomic E-state index is 12.4. The van der Waals surface area contributed by atoms with Crippen LogP contribution in [0.3, 0.4) is 0 Å². The molecule has 0 saturated heterocycles. The van der Waals surface area contributed by atoms with E-state index in [1.54, 1.807) is 33.3 Å². The molecule has 9 nitrogen and oxygen atoms in total. The molecular weight excluding hydrogens is 434 g/mol. The van der Waals surface area contributed by atoms with Crippen molar-refractivity contribution in [1.82, 2.24) is 20.4 Å². The summed E-state index contributed by atoms with van der Waals surface area (Å²) >= 11 is 0. The van der Waals surface area contributed by atoms with Crippen LogP contribution in [0.25, 0.3) is 0 Å². The number of hydrogen-bond acceptors (Lipinski definition) is 6. The molecule has 1 heterocycles. The number of benzene rings is 2. The Balaban J connectivity index is 2.09. The van der Waals surface area contributed by atoms with Crippen LogP contribution < -0.4 is 22.1 Å². The van der Waals surface area contributed by atoms with Gasteiger partial charge in [0.25, 0.3) is 11.8 Å². The van der Waals surface area contributed by atoms with Gasteiger partial charge in [-0.25, -0.2) is 4.79 Å². The SMILES string of the molecule is CNC(=O)c1ccc2c(c1)CCc1cc(C(=O)NC)ccc1C2(C[C@@H](C)N)c1nc(=O)on1C. The zero-order valence-corrected chi connectivity index (χ0v) is 19.8. The van der Waals surface area contributed by atoms with E-state index in [1.165, 1.54) is 4.74 Å². The van der Waals surface area contributed by atoms with Crippen molar-refractivity contribution in [2.24, 2.45) is 12.8 Å². The molecule has 34 heavy (non-hydrogen) atoms. The number of rotatable bonds is 5. The second kappa shape index (κ2) is 8.90. The number of hydrogen-bond donors (Lipinski definition) is 3. The molecule has 0 aliphatic heterocycles. The largest absolute Gasteiger partial charge is 0.459 e. The Morgan fingerprint density at radius 2 is 1.56 bits per heavy atom. The standard InChI is InChI=1S/C25H29N5O4/c1-14(26)13-25(23-29-24(33)34-30(23)4)19-9-7-17(21(31)27-2)11-15(19)5-6-16-12-18(22(32)28-3)8-10-20(16)25/h7-12,14H,5-6,13,26H2,1-4H3,(H,27,31)(H,28,32)/t14-/m1/s1. The van der Waals surface area contributed by atoms with E-state index in [-0.39, 0.29) is 17.9 Å². The fourth-order valence-electron chi connectivity index (χ4n) is 5.16. The normalized spacial score (nSPS) is 15.0. The summed E-state index contributed by atoms with van der Waals surface area (Å²) in [7, 11) is 4.83. The van der Waals surface area contributed by atoms with Crippen molar-refractivity contribution in [3.05, 3.63) is 86.2 Å². The summed E-state index contributed by atoms with van der Waals surface area (Å²) in [5.74, 6) is -0.631. The van der Waals surface area contributed by atoms with E-state index in [0.717, 1.165) is 22.3 Å². The van der Waals surface area contributed by atoms with Gasteiger partial charge >= 0.3 is 5.76 Å². The molecule has 0 radical (unpaired) electrons. The van der Waals surface area contributed by atoms with Crippen molar-refractivity contribution in [2.75, 3.05) is 14.1 Å². The summed E-state index contributed by atoms with van der Waals surface area (Å²) in [6.45, 7) is 1.90. The topological polar surface area (TPSA) is 132 Å². The predicted molar refractivity (Wildman–Crippen MR) is 127 cm³/mol. The lowest BCUT2D eigenvalue weighted by atomic mass is 9.67. The Morgan fingerprint density at radius 3 is 1.94 bits per heavy atom. The van der Waals surface area contributed by atoms with Crippen molar-refractivity contribution in [3.8, 4) is 0 Å². The molecule has 0 spiro atoms. The molecule has 1 aliphatic rings. The summed E-state index contributed by atoms with van der Waals surface area (Å²) in [5.41, 5.74) is 10.3. The van der Waals surface area contributed by atoms with Gasteiger partial charge in [0.2, 0.25) is 0 Å². The highest BCUT2D eigenvalue weighted by atomic mass is 16.5. The molecule has 4 N–H and O–H groups in total. The summed E-state index contributed by atoms with van der Waals surface area (Å²) in [6.07, 6.45) is 1.71. The minimum absolute atomic E-state index is 0.182. The first-order valence-electron chi connectivity index (χ1n) is 11.2. The summed E-state index contributed by atoms with van der Waals surface area (Å²) < 4.78 is 6.68. The lowest BCUT2D eigenvalue weighted by Gasteiger charge is -2.36. The van der Waals surface area contributed by atoms with Gasteiger partial charge in [-0.05, 0) is 72.7 Å².